The Morgan fingerprint density at radius 1 is 1.43 bits per heavy atom. The summed E-state index contributed by atoms with van der Waals surface area (Å²) in [4.78, 5) is 6.87. The Morgan fingerprint density at radius 3 is 2.90 bits per heavy atom. The molecule has 1 saturated heterocycles. The molecule has 3 heterocycles. The van der Waals surface area contributed by atoms with Crippen LogP contribution in [0.5, 0.6) is 0 Å². The third-order valence-corrected chi connectivity index (χ3v) is 4.17. The summed E-state index contributed by atoms with van der Waals surface area (Å²) in [6.45, 7) is 8.31. The molecule has 1 fully saturated rings. The highest BCUT2D eigenvalue weighted by molar-refractivity contribution is 5.58. The molecule has 1 aliphatic rings. The SMILES string of the molecule is CCNCC1CCN(c2n[nH]c(-c3ccoc3C)n2)CC1. The van der Waals surface area contributed by atoms with E-state index in [4.69, 9.17) is 4.42 Å². The highest BCUT2D eigenvalue weighted by Crippen LogP contribution is 2.24. The molecule has 0 atom stereocenters. The van der Waals surface area contributed by atoms with Crippen LogP contribution in [0.3, 0.4) is 0 Å². The highest BCUT2D eigenvalue weighted by atomic mass is 16.3. The molecule has 114 valence electrons. The van der Waals surface area contributed by atoms with E-state index in [1.807, 2.05) is 13.0 Å². The zero-order valence-corrected chi connectivity index (χ0v) is 12.7. The van der Waals surface area contributed by atoms with Gasteiger partial charge >= 0.3 is 0 Å². The fraction of sp³-hybridized carbons (Fsp3) is 0.600. The average molecular weight is 289 g/mol. The average Bonchev–Trinajstić information content (AvgIpc) is 3.14. The number of aryl methyl sites for hydroxylation is 1. The second-order valence-electron chi connectivity index (χ2n) is 5.61. The van der Waals surface area contributed by atoms with Gasteiger partial charge in [0.1, 0.15) is 5.76 Å². The molecular formula is C15H23N5O. The van der Waals surface area contributed by atoms with E-state index in [1.54, 1.807) is 6.26 Å². The molecule has 21 heavy (non-hydrogen) atoms. The van der Waals surface area contributed by atoms with Gasteiger partial charge in [0.2, 0.25) is 5.95 Å². The Bertz CT molecular complexity index is 568. The van der Waals surface area contributed by atoms with Crippen LogP contribution < -0.4 is 10.2 Å². The first-order valence-corrected chi connectivity index (χ1v) is 7.70. The smallest absolute Gasteiger partial charge is 0.245 e. The first kappa shape index (κ1) is 14.1. The van der Waals surface area contributed by atoms with Gasteiger partial charge in [0.25, 0.3) is 0 Å². The molecule has 6 heteroatoms. The maximum Gasteiger partial charge on any atom is 0.245 e. The van der Waals surface area contributed by atoms with Gasteiger partial charge in [-0.3, -0.25) is 5.10 Å². The van der Waals surface area contributed by atoms with Gasteiger partial charge < -0.3 is 14.6 Å². The monoisotopic (exact) mass is 289 g/mol. The van der Waals surface area contributed by atoms with Crippen LogP contribution in [-0.4, -0.2) is 41.4 Å². The number of piperidine rings is 1. The Balaban J connectivity index is 1.62. The molecule has 2 aromatic rings. The second-order valence-corrected chi connectivity index (χ2v) is 5.61. The van der Waals surface area contributed by atoms with E-state index in [0.717, 1.165) is 55.2 Å². The molecule has 0 radical (unpaired) electrons. The van der Waals surface area contributed by atoms with Crippen LogP contribution in [0.25, 0.3) is 11.4 Å². The van der Waals surface area contributed by atoms with Crippen molar-refractivity contribution < 1.29 is 4.42 Å². The van der Waals surface area contributed by atoms with Crippen LogP contribution >= 0.6 is 0 Å². The summed E-state index contributed by atoms with van der Waals surface area (Å²) < 4.78 is 5.32. The maximum absolute atomic E-state index is 5.32. The molecule has 2 N–H and O–H groups in total. The van der Waals surface area contributed by atoms with Crippen molar-refractivity contribution in [3.8, 4) is 11.4 Å². The first-order valence-electron chi connectivity index (χ1n) is 7.70. The van der Waals surface area contributed by atoms with Gasteiger partial charge in [0.15, 0.2) is 5.82 Å². The summed E-state index contributed by atoms with van der Waals surface area (Å²) >= 11 is 0. The first-order chi connectivity index (χ1) is 10.3. The number of nitrogens with zero attached hydrogens (tertiary/aromatic N) is 3. The Morgan fingerprint density at radius 2 is 2.24 bits per heavy atom. The molecule has 3 rings (SSSR count). The predicted molar refractivity (Wildman–Crippen MR) is 82.3 cm³/mol. The zero-order valence-electron chi connectivity index (χ0n) is 12.7. The minimum atomic E-state index is 0.774. The number of hydrogen-bond acceptors (Lipinski definition) is 5. The lowest BCUT2D eigenvalue weighted by atomic mass is 9.97. The van der Waals surface area contributed by atoms with Gasteiger partial charge in [-0.05, 0) is 44.8 Å². The van der Waals surface area contributed by atoms with E-state index in [-0.39, 0.29) is 0 Å². The number of nitrogens with one attached hydrogen (secondary N) is 2. The largest absolute Gasteiger partial charge is 0.469 e. The Labute approximate surface area is 124 Å². The highest BCUT2D eigenvalue weighted by Gasteiger charge is 2.22. The standard InChI is InChI=1S/C15H23N5O/c1-3-16-10-12-4-7-20(8-5-12)15-17-14(18-19-15)13-6-9-21-11(13)2/h6,9,12,16H,3-5,7-8,10H2,1-2H3,(H,17,18,19). The van der Waals surface area contributed by atoms with E-state index < -0.39 is 0 Å². The number of rotatable bonds is 5. The molecular weight excluding hydrogens is 266 g/mol. The molecule has 0 saturated carbocycles. The van der Waals surface area contributed by atoms with Crippen molar-refractivity contribution >= 4 is 5.95 Å². The van der Waals surface area contributed by atoms with Crippen molar-refractivity contribution in [2.24, 2.45) is 5.92 Å². The molecule has 0 aliphatic carbocycles. The molecule has 0 spiro atoms. The van der Waals surface area contributed by atoms with Crippen molar-refractivity contribution in [2.45, 2.75) is 26.7 Å². The van der Waals surface area contributed by atoms with E-state index >= 15 is 0 Å². The Kier molecular flexibility index (Phi) is 4.24. The number of aromatic amines is 1. The molecule has 0 aromatic carbocycles. The molecule has 2 aromatic heterocycles. The molecule has 0 unspecified atom stereocenters. The predicted octanol–water partition coefficient (Wildman–Crippen LogP) is 2.20. The van der Waals surface area contributed by atoms with E-state index in [9.17, 15) is 0 Å². The maximum atomic E-state index is 5.32. The van der Waals surface area contributed by atoms with Crippen molar-refractivity contribution in [1.29, 1.82) is 0 Å². The minimum absolute atomic E-state index is 0.774. The third kappa shape index (κ3) is 3.10. The molecule has 0 amide bonds. The lowest BCUT2D eigenvalue weighted by molar-refractivity contribution is 0.384. The van der Waals surface area contributed by atoms with Crippen molar-refractivity contribution in [2.75, 3.05) is 31.1 Å². The van der Waals surface area contributed by atoms with E-state index in [1.165, 1.54) is 12.8 Å². The number of hydrogen-bond donors (Lipinski definition) is 2. The van der Waals surface area contributed by atoms with Crippen LogP contribution in [-0.2, 0) is 0 Å². The van der Waals surface area contributed by atoms with Gasteiger partial charge in [-0.2, -0.15) is 4.98 Å². The van der Waals surface area contributed by atoms with Gasteiger partial charge in [0, 0.05) is 13.1 Å². The molecule has 6 nitrogen and oxygen atoms in total. The van der Waals surface area contributed by atoms with Gasteiger partial charge in [-0.25, -0.2) is 0 Å². The number of anilines is 1. The van der Waals surface area contributed by atoms with Crippen LogP contribution in [0.4, 0.5) is 5.95 Å². The lowest BCUT2D eigenvalue weighted by Gasteiger charge is -2.31. The van der Waals surface area contributed by atoms with Crippen LogP contribution in [0.1, 0.15) is 25.5 Å². The van der Waals surface area contributed by atoms with Gasteiger partial charge in [0.05, 0.1) is 11.8 Å². The molecule has 0 bridgehead atoms. The number of furan rings is 1. The van der Waals surface area contributed by atoms with Crippen molar-refractivity contribution in [3.63, 3.8) is 0 Å². The lowest BCUT2D eigenvalue weighted by Crippen LogP contribution is -2.37. The summed E-state index contributed by atoms with van der Waals surface area (Å²) in [6.07, 6.45) is 4.07. The minimum Gasteiger partial charge on any atom is -0.469 e. The number of H-pyrrole nitrogens is 1. The fourth-order valence-corrected chi connectivity index (χ4v) is 2.83. The number of aromatic nitrogens is 3. The molecule has 1 aliphatic heterocycles. The third-order valence-electron chi connectivity index (χ3n) is 4.17. The zero-order chi connectivity index (χ0) is 14.7. The van der Waals surface area contributed by atoms with E-state index in [0.29, 0.717) is 0 Å². The van der Waals surface area contributed by atoms with Crippen LogP contribution in [0.2, 0.25) is 0 Å². The second kappa shape index (κ2) is 6.30. The van der Waals surface area contributed by atoms with Gasteiger partial charge in [-0.1, -0.05) is 6.92 Å². The van der Waals surface area contributed by atoms with E-state index in [2.05, 4.69) is 32.3 Å². The van der Waals surface area contributed by atoms with Crippen molar-refractivity contribution in [3.05, 3.63) is 18.1 Å². The van der Waals surface area contributed by atoms with Crippen LogP contribution in [0, 0.1) is 12.8 Å². The quantitative estimate of drug-likeness (QED) is 0.883. The topological polar surface area (TPSA) is 70.0 Å². The summed E-state index contributed by atoms with van der Waals surface area (Å²) in [5.74, 6) is 3.22. The summed E-state index contributed by atoms with van der Waals surface area (Å²) in [5.41, 5.74) is 0.982. The van der Waals surface area contributed by atoms with Crippen LogP contribution in [0.15, 0.2) is 16.7 Å². The summed E-state index contributed by atoms with van der Waals surface area (Å²) in [5, 5.41) is 10.8. The fourth-order valence-electron chi connectivity index (χ4n) is 2.83. The summed E-state index contributed by atoms with van der Waals surface area (Å²) in [6, 6.07) is 1.92. The van der Waals surface area contributed by atoms with Crippen molar-refractivity contribution in [1.82, 2.24) is 20.5 Å². The normalized spacial score (nSPS) is 16.6. The summed E-state index contributed by atoms with van der Waals surface area (Å²) in [7, 11) is 0. The van der Waals surface area contributed by atoms with Gasteiger partial charge in [-0.15, -0.1) is 5.10 Å². The Hall–Kier alpha value is -1.82.